The maximum atomic E-state index is 5.95. The minimum atomic E-state index is 0.0439. The van der Waals surface area contributed by atoms with E-state index in [-0.39, 0.29) is 6.10 Å². The van der Waals surface area contributed by atoms with Crippen LogP contribution in [0.5, 0.6) is 0 Å². The molecule has 0 fully saturated rings. The van der Waals surface area contributed by atoms with Gasteiger partial charge < -0.3 is 20.2 Å². The molecular formula is C29H50N4O2. The van der Waals surface area contributed by atoms with Crippen molar-refractivity contribution in [3.63, 3.8) is 0 Å². The summed E-state index contributed by atoms with van der Waals surface area (Å²) in [5.74, 6) is 2.20. The van der Waals surface area contributed by atoms with Gasteiger partial charge in [-0.05, 0) is 83.3 Å². The van der Waals surface area contributed by atoms with Crippen molar-refractivity contribution in [2.24, 2.45) is 4.99 Å². The quantitative estimate of drug-likeness (QED) is 0.0708. The van der Waals surface area contributed by atoms with Crippen molar-refractivity contribution in [1.82, 2.24) is 16.2 Å². The Kier molecular flexibility index (Phi) is 18.0. The zero-order valence-corrected chi connectivity index (χ0v) is 23.8. The highest BCUT2D eigenvalue weighted by molar-refractivity contribution is 5.88. The van der Waals surface area contributed by atoms with Crippen molar-refractivity contribution in [2.45, 2.75) is 93.6 Å². The second kappa shape index (κ2) is 19.6. The molecule has 0 aliphatic heterocycles. The minimum Gasteiger partial charge on any atom is -0.497 e. The molecule has 0 saturated carbocycles. The van der Waals surface area contributed by atoms with Gasteiger partial charge in [-0.1, -0.05) is 51.8 Å². The van der Waals surface area contributed by atoms with Crippen LogP contribution in [0.1, 0.15) is 87.5 Å². The largest absolute Gasteiger partial charge is 0.497 e. The number of rotatable bonds is 16. The molecule has 0 aliphatic carbocycles. The van der Waals surface area contributed by atoms with Gasteiger partial charge in [0.2, 0.25) is 5.90 Å². The Morgan fingerprint density at radius 2 is 1.74 bits per heavy atom. The van der Waals surface area contributed by atoms with Crippen LogP contribution in [0.15, 0.2) is 75.6 Å². The molecule has 6 heteroatoms. The van der Waals surface area contributed by atoms with Gasteiger partial charge in [-0.15, -0.1) is 0 Å². The van der Waals surface area contributed by atoms with Gasteiger partial charge in [-0.3, -0.25) is 0 Å². The zero-order valence-electron chi connectivity index (χ0n) is 23.8. The Morgan fingerprint density at radius 3 is 2.26 bits per heavy atom. The third-order valence-electron chi connectivity index (χ3n) is 4.90. The van der Waals surface area contributed by atoms with Gasteiger partial charge in [0.25, 0.3) is 0 Å². The van der Waals surface area contributed by atoms with Crippen LogP contribution in [0.2, 0.25) is 0 Å². The van der Waals surface area contributed by atoms with Crippen LogP contribution in [-0.4, -0.2) is 26.2 Å². The molecule has 198 valence electrons. The SMILES string of the molecule is C\C=C(/N=C(\C=C\CCC)OC(C)C)N\C(CCC)=C(NNC)/C(C)=C/C=C(OC)\C(C)=C\CC. The predicted octanol–water partition coefficient (Wildman–Crippen LogP) is 7.19. The summed E-state index contributed by atoms with van der Waals surface area (Å²) < 4.78 is 11.5. The normalized spacial score (nSPS) is 15.0. The summed E-state index contributed by atoms with van der Waals surface area (Å²) in [4.78, 5) is 4.78. The van der Waals surface area contributed by atoms with E-state index < -0.39 is 0 Å². The first-order chi connectivity index (χ1) is 16.8. The first-order valence-corrected chi connectivity index (χ1v) is 12.9. The third-order valence-corrected chi connectivity index (χ3v) is 4.90. The first kappa shape index (κ1) is 32.3. The number of methoxy groups -OCH3 is 1. The average Bonchev–Trinajstić information content (AvgIpc) is 2.81. The maximum Gasteiger partial charge on any atom is 0.215 e. The number of nitrogens with zero attached hydrogens (tertiary/aromatic N) is 1. The molecule has 0 unspecified atom stereocenters. The molecule has 35 heavy (non-hydrogen) atoms. The van der Waals surface area contributed by atoms with Crippen molar-refractivity contribution in [3.05, 3.63) is 70.6 Å². The van der Waals surface area contributed by atoms with Crippen LogP contribution in [0.4, 0.5) is 0 Å². The second-order valence-corrected chi connectivity index (χ2v) is 8.47. The third kappa shape index (κ3) is 13.7. The number of hydrogen-bond acceptors (Lipinski definition) is 6. The highest BCUT2D eigenvalue weighted by Gasteiger charge is 2.11. The molecule has 0 aromatic rings. The van der Waals surface area contributed by atoms with Gasteiger partial charge >= 0.3 is 0 Å². The molecule has 0 atom stereocenters. The van der Waals surface area contributed by atoms with Crippen molar-refractivity contribution in [3.8, 4) is 0 Å². The molecule has 0 amide bonds. The fourth-order valence-electron chi connectivity index (χ4n) is 3.22. The number of aliphatic imine (C=N–C) groups is 1. The van der Waals surface area contributed by atoms with Gasteiger partial charge in [-0.25, -0.2) is 5.43 Å². The van der Waals surface area contributed by atoms with E-state index in [1.807, 2.05) is 46.0 Å². The van der Waals surface area contributed by atoms with Crippen molar-refractivity contribution >= 4 is 5.90 Å². The van der Waals surface area contributed by atoms with Crippen molar-refractivity contribution in [1.29, 1.82) is 0 Å². The number of nitrogens with one attached hydrogen (secondary N) is 3. The molecule has 0 rings (SSSR count). The molecule has 0 aliphatic rings. The van der Waals surface area contributed by atoms with Crippen LogP contribution in [0.3, 0.4) is 0 Å². The fraction of sp³-hybridized carbons (Fsp3) is 0.552. The Bertz CT molecular complexity index is 828. The summed E-state index contributed by atoms with van der Waals surface area (Å²) in [6.45, 7) is 16.6. The summed E-state index contributed by atoms with van der Waals surface area (Å²) in [7, 11) is 3.57. The lowest BCUT2D eigenvalue weighted by molar-refractivity contribution is 0.230. The molecule has 0 aromatic heterocycles. The Labute approximate surface area is 215 Å². The van der Waals surface area contributed by atoms with E-state index in [9.17, 15) is 0 Å². The highest BCUT2D eigenvalue weighted by atomic mass is 16.5. The number of unbranched alkanes of at least 4 members (excludes halogenated alkanes) is 1. The summed E-state index contributed by atoms with van der Waals surface area (Å²) in [6, 6.07) is 0. The van der Waals surface area contributed by atoms with E-state index in [4.69, 9.17) is 14.5 Å². The summed E-state index contributed by atoms with van der Waals surface area (Å²) in [5.41, 5.74) is 10.6. The van der Waals surface area contributed by atoms with Crippen molar-refractivity contribution < 1.29 is 9.47 Å². The monoisotopic (exact) mass is 486 g/mol. The molecule has 0 heterocycles. The smallest absolute Gasteiger partial charge is 0.215 e. The molecule has 3 N–H and O–H groups in total. The van der Waals surface area contributed by atoms with E-state index in [1.165, 1.54) is 0 Å². The predicted molar refractivity (Wildman–Crippen MR) is 152 cm³/mol. The van der Waals surface area contributed by atoms with Crippen LogP contribution < -0.4 is 16.2 Å². The molecule has 0 saturated heterocycles. The standard InChI is InChI=1S/C29H50N4O2/c1-11-15-16-19-28(35-22(5)6)32-27(14-4)31-25(18-13-3)29(33-30-9)24(8)20-21-26(34-10)23(7)17-12-2/h14,16-17,19-22,30-31,33H,11-13,15,18H2,1-10H3/b19-16+,23-17+,24-20+,26-21+,27-14-,29-25+,32-28+. The molecule has 6 nitrogen and oxygen atoms in total. The summed E-state index contributed by atoms with van der Waals surface area (Å²) >= 11 is 0. The number of allylic oxidation sites excluding steroid dienone is 8. The molecule has 0 bridgehead atoms. The average molecular weight is 487 g/mol. The number of hydrazine groups is 1. The topological polar surface area (TPSA) is 66.9 Å². The maximum absolute atomic E-state index is 5.95. The first-order valence-electron chi connectivity index (χ1n) is 12.9. The molecular weight excluding hydrogens is 436 g/mol. The number of ether oxygens (including phenoxy) is 2. The lowest BCUT2D eigenvalue weighted by atomic mass is 10.1. The van der Waals surface area contributed by atoms with E-state index in [0.717, 1.165) is 66.2 Å². The van der Waals surface area contributed by atoms with E-state index in [2.05, 4.69) is 69.0 Å². The van der Waals surface area contributed by atoms with Crippen LogP contribution >= 0.6 is 0 Å². The summed E-state index contributed by atoms with van der Waals surface area (Å²) in [5, 5.41) is 3.54. The highest BCUT2D eigenvalue weighted by Crippen LogP contribution is 2.18. The minimum absolute atomic E-state index is 0.0439. The van der Waals surface area contributed by atoms with Gasteiger partial charge in [0.1, 0.15) is 11.6 Å². The molecule has 0 spiro atoms. The van der Waals surface area contributed by atoms with Crippen LogP contribution in [-0.2, 0) is 9.47 Å². The van der Waals surface area contributed by atoms with Gasteiger partial charge in [0.05, 0.1) is 18.9 Å². The van der Waals surface area contributed by atoms with E-state index in [0.29, 0.717) is 5.90 Å². The fourth-order valence-corrected chi connectivity index (χ4v) is 3.22. The Morgan fingerprint density at radius 1 is 1.03 bits per heavy atom. The van der Waals surface area contributed by atoms with E-state index in [1.54, 1.807) is 7.11 Å². The lowest BCUT2D eigenvalue weighted by Gasteiger charge is -2.20. The Balaban J connectivity index is 6.34. The lowest BCUT2D eigenvalue weighted by Crippen LogP contribution is -2.31. The van der Waals surface area contributed by atoms with Crippen LogP contribution in [0, 0.1) is 0 Å². The second-order valence-electron chi connectivity index (χ2n) is 8.47. The number of hydrogen-bond donors (Lipinski definition) is 3. The molecule has 0 radical (unpaired) electrons. The van der Waals surface area contributed by atoms with Gasteiger partial charge in [0.15, 0.2) is 0 Å². The summed E-state index contributed by atoms with van der Waals surface area (Å²) in [6.07, 6.45) is 17.2. The van der Waals surface area contributed by atoms with Gasteiger partial charge in [-0.2, -0.15) is 4.99 Å². The Hall–Kier alpha value is -2.73. The zero-order chi connectivity index (χ0) is 26.6. The van der Waals surface area contributed by atoms with Gasteiger partial charge in [0, 0.05) is 12.7 Å². The van der Waals surface area contributed by atoms with Crippen molar-refractivity contribution in [2.75, 3.05) is 14.2 Å². The van der Waals surface area contributed by atoms with E-state index >= 15 is 0 Å². The molecule has 0 aromatic carbocycles. The van der Waals surface area contributed by atoms with Crippen LogP contribution in [0.25, 0.3) is 0 Å².